The Morgan fingerprint density at radius 2 is 1.90 bits per heavy atom. The van der Waals surface area contributed by atoms with Gasteiger partial charge in [-0.2, -0.15) is 0 Å². The molecule has 3 heteroatoms. The molecule has 0 aromatic heterocycles. The summed E-state index contributed by atoms with van der Waals surface area (Å²) in [5.41, 5.74) is 1.34. The molecule has 21 heavy (non-hydrogen) atoms. The molecule has 0 amide bonds. The van der Waals surface area contributed by atoms with E-state index in [-0.39, 0.29) is 0 Å². The monoisotopic (exact) mass is 291 g/mol. The largest absolute Gasteiger partial charge is 0.497 e. The third kappa shape index (κ3) is 6.76. The first-order chi connectivity index (χ1) is 10.1. The van der Waals surface area contributed by atoms with Crippen molar-refractivity contribution in [2.45, 2.75) is 52.5 Å². The number of carbonyl (C=O) groups excluding carboxylic acids is 1. The van der Waals surface area contributed by atoms with Gasteiger partial charge in [0, 0.05) is 12.5 Å². The molecule has 118 valence electrons. The first kappa shape index (κ1) is 17.7. The van der Waals surface area contributed by atoms with E-state index in [2.05, 4.69) is 30.9 Å². The Labute approximate surface area is 129 Å². The molecular formula is C18H29NO2. The number of nitrogens with zero attached hydrogens (tertiary/aromatic N) is 1. The van der Waals surface area contributed by atoms with Gasteiger partial charge in [-0.1, -0.05) is 19.1 Å². The Bertz CT molecular complexity index is 414. The van der Waals surface area contributed by atoms with Crippen LogP contribution in [0.25, 0.3) is 0 Å². The number of hydrogen-bond acceptors (Lipinski definition) is 3. The number of ketones is 1. The molecule has 0 saturated carbocycles. The second kappa shape index (κ2) is 9.56. The number of hydrogen-bond donors (Lipinski definition) is 0. The Hall–Kier alpha value is -1.35. The van der Waals surface area contributed by atoms with Crippen molar-refractivity contribution in [2.24, 2.45) is 0 Å². The minimum absolute atomic E-state index is 0.296. The lowest BCUT2D eigenvalue weighted by molar-refractivity contribution is -0.117. The molecule has 0 aliphatic carbocycles. The number of rotatable bonds is 10. The zero-order chi connectivity index (χ0) is 15.7. The summed E-state index contributed by atoms with van der Waals surface area (Å²) in [5.74, 6) is 1.20. The van der Waals surface area contributed by atoms with E-state index in [9.17, 15) is 4.79 Å². The lowest BCUT2D eigenvalue weighted by Crippen LogP contribution is -2.35. The lowest BCUT2D eigenvalue weighted by atomic mass is 10.1. The molecule has 1 atom stereocenters. The van der Waals surface area contributed by atoms with Crippen LogP contribution < -0.4 is 4.74 Å². The molecule has 0 heterocycles. The predicted octanol–water partition coefficient (Wildman–Crippen LogP) is 3.71. The van der Waals surface area contributed by atoms with Gasteiger partial charge in [-0.15, -0.1) is 0 Å². The fourth-order valence-electron chi connectivity index (χ4n) is 2.61. The van der Waals surface area contributed by atoms with Gasteiger partial charge in [-0.25, -0.2) is 0 Å². The van der Waals surface area contributed by atoms with Crippen LogP contribution in [0.3, 0.4) is 0 Å². The predicted molar refractivity (Wildman–Crippen MR) is 87.9 cm³/mol. The fourth-order valence-corrected chi connectivity index (χ4v) is 2.61. The van der Waals surface area contributed by atoms with Crippen LogP contribution in [0.5, 0.6) is 5.75 Å². The van der Waals surface area contributed by atoms with Crippen LogP contribution in [0.1, 0.15) is 45.6 Å². The number of unbranched alkanes of at least 4 members (excludes halogenated alkanes) is 1. The normalized spacial score (nSPS) is 12.4. The molecule has 1 aromatic rings. The highest BCUT2D eigenvalue weighted by molar-refractivity contribution is 5.75. The summed E-state index contributed by atoms with van der Waals surface area (Å²) in [6.07, 6.45) is 3.86. The highest BCUT2D eigenvalue weighted by atomic mass is 16.5. The van der Waals surface area contributed by atoms with Crippen LogP contribution in [0.2, 0.25) is 0 Å². The van der Waals surface area contributed by atoms with Crippen molar-refractivity contribution in [2.75, 3.05) is 20.2 Å². The third-order valence-electron chi connectivity index (χ3n) is 3.94. The van der Waals surface area contributed by atoms with E-state index < -0.39 is 0 Å². The maximum Gasteiger partial charge on any atom is 0.129 e. The van der Waals surface area contributed by atoms with Gasteiger partial charge in [0.2, 0.25) is 0 Å². The Kier molecular flexibility index (Phi) is 8.06. The summed E-state index contributed by atoms with van der Waals surface area (Å²) in [4.78, 5) is 13.5. The van der Waals surface area contributed by atoms with Crippen LogP contribution in [0.4, 0.5) is 0 Å². The topological polar surface area (TPSA) is 29.5 Å². The summed E-state index contributed by atoms with van der Waals surface area (Å²) in [7, 11) is 1.69. The van der Waals surface area contributed by atoms with Gasteiger partial charge in [0.25, 0.3) is 0 Å². The molecule has 0 bridgehead atoms. The summed E-state index contributed by atoms with van der Waals surface area (Å²) in [6.45, 7) is 8.27. The second-order valence-electron chi connectivity index (χ2n) is 5.69. The van der Waals surface area contributed by atoms with E-state index in [0.29, 0.717) is 18.2 Å². The standard InChI is InChI=1S/C18H29NO2/c1-5-19(13-7-6-8-16(3)20)15(2)14-17-9-11-18(21-4)12-10-17/h9-12,15H,5-8,13-14H2,1-4H3. The van der Waals surface area contributed by atoms with Gasteiger partial charge in [0.1, 0.15) is 11.5 Å². The number of benzene rings is 1. The molecule has 1 rings (SSSR count). The van der Waals surface area contributed by atoms with Crippen molar-refractivity contribution < 1.29 is 9.53 Å². The van der Waals surface area contributed by atoms with E-state index >= 15 is 0 Å². The molecule has 3 nitrogen and oxygen atoms in total. The number of Topliss-reactive ketones (excluding diaryl/α,β-unsaturated/α-hetero) is 1. The minimum atomic E-state index is 0.296. The number of carbonyl (C=O) groups is 1. The highest BCUT2D eigenvalue weighted by Gasteiger charge is 2.12. The van der Waals surface area contributed by atoms with Gasteiger partial charge in [0.15, 0.2) is 0 Å². The van der Waals surface area contributed by atoms with E-state index in [4.69, 9.17) is 4.74 Å². The van der Waals surface area contributed by atoms with E-state index in [1.54, 1.807) is 14.0 Å². The van der Waals surface area contributed by atoms with E-state index in [1.807, 2.05) is 12.1 Å². The summed E-state index contributed by atoms with van der Waals surface area (Å²) in [5, 5.41) is 0. The lowest BCUT2D eigenvalue weighted by Gasteiger charge is -2.28. The van der Waals surface area contributed by atoms with Gasteiger partial charge in [-0.3, -0.25) is 0 Å². The van der Waals surface area contributed by atoms with Crippen molar-refractivity contribution in [3.05, 3.63) is 29.8 Å². The van der Waals surface area contributed by atoms with Gasteiger partial charge < -0.3 is 14.4 Å². The second-order valence-corrected chi connectivity index (χ2v) is 5.69. The first-order valence-corrected chi connectivity index (χ1v) is 7.93. The van der Waals surface area contributed by atoms with Crippen LogP contribution in [0.15, 0.2) is 24.3 Å². The molecule has 0 aliphatic heterocycles. The molecule has 0 aliphatic rings. The number of ether oxygens (including phenoxy) is 1. The highest BCUT2D eigenvalue weighted by Crippen LogP contribution is 2.15. The molecule has 0 fully saturated rings. The quantitative estimate of drug-likeness (QED) is 0.616. The average molecular weight is 291 g/mol. The van der Waals surface area contributed by atoms with Crippen LogP contribution >= 0.6 is 0 Å². The molecular weight excluding hydrogens is 262 g/mol. The molecule has 0 radical (unpaired) electrons. The molecule has 0 saturated heterocycles. The Morgan fingerprint density at radius 3 is 2.43 bits per heavy atom. The maximum atomic E-state index is 11.0. The van der Waals surface area contributed by atoms with Crippen molar-refractivity contribution in [1.29, 1.82) is 0 Å². The zero-order valence-corrected chi connectivity index (χ0v) is 13.9. The van der Waals surface area contributed by atoms with Crippen molar-refractivity contribution >= 4 is 5.78 Å². The van der Waals surface area contributed by atoms with Crippen molar-refractivity contribution in [3.63, 3.8) is 0 Å². The van der Waals surface area contributed by atoms with Crippen molar-refractivity contribution in [3.8, 4) is 5.75 Å². The fraction of sp³-hybridized carbons (Fsp3) is 0.611. The zero-order valence-electron chi connectivity index (χ0n) is 13.9. The third-order valence-corrected chi connectivity index (χ3v) is 3.94. The maximum absolute atomic E-state index is 11.0. The van der Waals surface area contributed by atoms with Gasteiger partial charge >= 0.3 is 0 Å². The van der Waals surface area contributed by atoms with Crippen LogP contribution in [-0.2, 0) is 11.2 Å². The molecule has 0 N–H and O–H groups in total. The van der Waals surface area contributed by atoms with Crippen molar-refractivity contribution in [1.82, 2.24) is 4.90 Å². The minimum Gasteiger partial charge on any atom is -0.497 e. The smallest absolute Gasteiger partial charge is 0.129 e. The Morgan fingerprint density at radius 1 is 1.24 bits per heavy atom. The SMILES string of the molecule is CCN(CCCCC(C)=O)C(C)Cc1ccc(OC)cc1. The summed E-state index contributed by atoms with van der Waals surface area (Å²) < 4.78 is 5.19. The van der Waals surface area contributed by atoms with E-state index in [1.165, 1.54) is 5.56 Å². The van der Waals surface area contributed by atoms with Gasteiger partial charge in [0.05, 0.1) is 7.11 Å². The first-order valence-electron chi connectivity index (χ1n) is 7.93. The number of methoxy groups -OCH3 is 1. The average Bonchev–Trinajstić information content (AvgIpc) is 2.47. The Balaban J connectivity index is 2.42. The molecule has 1 aromatic carbocycles. The summed E-state index contributed by atoms with van der Waals surface area (Å²) >= 11 is 0. The van der Waals surface area contributed by atoms with Crippen LogP contribution in [0, 0.1) is 0 Å². The van der Waals surface area contributed by atoms with E-state index in [0.717, 1.165) is 38.1 Å². The molecule has 0 spiro atoms. The number of likely N-dealkylation sites (N-methyl/N-ethyl adjacent to an activating group) is 1. The molecule has 1 unspecified atom stereocenters. The summed E-state index contributed by atoms with van der Waals surface area (Å²) in [6, 6.07) is 8.83. The van der Waals surface area contributed by atoms with Crippen LogP contribution in [-0.4, -0.2) is 36.9 Å². The van der Waals surface area contributed by atoms with Gasteiger partial charge in [-0.05, 0) is 63.9 Å².